The summed E-state index contributed by atoms with van der Waals surface area (Å²) in [6.45, 7) is 5.69. The Labute approximate surface area is 260 Å². The van der Waals surface area contributed by atoms with Gasteiger partial charge in [-0.05, 0) is 75.2 Å². The number of nitrogens with zero attached hydrogens (tertiary/aromatic N) is 4. The van der Waals surface area contributed by atoms with Gasteiger partial charge in [0.25, 0.3) is 15.9 Å². The van der Waals surface area contributed by atoms with Crippen molar-refractivity contribution in [3.63, 3.8) is 0 Å². The number of rotatable bonds is 7. The second-order valence-corrected chi connectivity index (χ2v) is 13.4. The highest BCUT2D eigenvalue weighted by Gasteiger charge is 2.37. The molecule has 1 unspecified atom stereocenters. The van der Waals surface area contributed by atoms with Crippen LogP contribution in [0.3, 0.4) is 0 Å². The van der Waals surface area contributed by atoms with E-state index in [0.717, 1.165) is 4.57 Å². The number of fused-ring (bicyclic) bond motifs is 1. The molecule has 12 nitrogen and oxygen atoms in total. The Balaban J connectivity index is 1.63. The number of hydrogen-bond donors (Lipinski definition) is 1. The molecule has 13 heteroatoms. The van der Waals surface area contributed by atoms with Crippen molar-refractivity contribution < 1.29 is 27.5 Å². The third-order valence-corrected chi connectivity index (χ3v) is 9.09. The minimum atomic E-state index is -4.46. The fraction of sp³-hybridized carbons (Fsp3) is 0.312. The largest absolute Gasteiger partial charge is 0.497 e. The summed E-state index contributed by atoms with van der Waals surface area (Å²) < 4.78 is 40.2. The quantitative estimate of drug-likeness (QED) is 0.325. The smallest absolute Gasteiger partial charge is 0.407 e. The molecule has 3 aromatic carbocycles. The van der Waals surface area contributed by atoms with Gasteiger partial charge in [-0.2, -0.15) is 9.23 Å². The Bertz CT molecular complexity index is 1950. The monoisotopic (exact) mass is 631 g/mol. The molecule has 0 spiro atoms. The van der Waals surface area contributed by atoms with Gasteiger partial charge in [-0.15, -0.1) is 0 Å². The lowest BCUT2D eigenvalue weighted by atomic mass is 10.0. The highest BCUT2D eigenvalue weighted by molar-refractivity contribution is 7.90. The van der Waals surface area contributed by atoms with Crippen molar-refractivity contribution in [3.8, 4) is 11.8 Å². The van der Waals surface area contributed by atoms with E-state index < -0.39 is 39.4 Å². The first-order chi connectivity index (χ1) is 21.3. The van der Waals surface area contributed by atoms with Gasteiger partial charge in [0.2, 0.25) is 0 Å². The molecule has 2 amide bonds. The van der Waals surface area contributed by atoms with E-state index in [0.29, 0.717) is 21.7 Å². The summed E-state index contributed by atoms with van der Waals surface area (Å²) in [5.74, 6) is -0.0396. The van der Waals surface area contributed by atoms with Gasteiger partial charge in [-0.1, -0.05) is 30.3 Å². The first-order valence-corrected chi connectivity index (χ1v) is 15.7. The van der Waals surface area contributed by atoms with E-state index in [1.165, 1.54) is 54.5 Å². The van der Waals surface area contributed by atoms with Gasteiger partial charge < -0.3 is 19.7 Å². The Morgan fingerprint density at radius 3 is 2.33 bits per heavy atom. The van der Waals surface area contributed by atoms with Crippen LogP contribution in [0.25, 0.3) is 11.0 Å². The third-order valence-electron chi connectivity index (χ3n) is 7.39. The highest BCUT2D eigenvalue weighted by atomic mass is 32.2. The van der Waals surface area contributed by atoms with Crippen LogP contribution in [0.1, 0.15) is 44.4 Å². The van der Waals surface area contributed by atoms with E-state index in [4.69, 9.17) is 9.47 Å². The van der Waals surface area contributed by atoms with Gasteiger partial charge in [0, 0.05) is 13.1 Å². The van der Waals surface area contributed by atoms with Crippen molar-refractivity contribution in [3.05, 3.63) is 94.4 Å². The van der Waals surface area contributed by atoms with E-state index in [1.54, 1.807) is 51.1 Å². The number of hydrogen-bond acceptors (Lipinski definition) is 8. The molecule has 234 valence electrons. The van der Waals surface area contributed by atoms with E-state index in [-0.39, 0.29) is 40.6 Å². The molecule has 0 aliphatic carbocycles. The molecule has 1 fully saturated rings. The zero-order chi connectivity index (χ0) is 32.5. The van der Waals surface area contributed by atoms with Crippen LogP contribution in [0.15, 0.2) is 82.5 Å². The standard InChI is InChI=1S/C32H33N5O7S/c1-32(2,3)44-30(39)34-23-16-17-35(20-23)29(38)28(22-8-6-5-7-9-22)36-27-18-21(19-33)10-15-26(27)37(31(36)40)45(41,42)25-13-11-24(43-4)12-14-25/h5-15,18,23,28H,16-17,20H2,1-4H3,(H,34,39)/t23?,28-/m0/s1. The lowest BCUT2D eigenvalue weighted by Crippen LogP contribution is -2.44. The van der Waals surface area contributed by atoms with E-state index in [9.17, 15) is 28.1 Å². The van der Waals surface area contributed by atoms with Crippen LogP contribution in [-0.4, -0.2) is 65.7 Å². The van der Waals surface area contributed by atoms with Crippen LogP contribution in [0.2, 0.25) is 0 Å². The Kier molecular flexibility index (Phi) is 8.44. The number of amides is 2. The number of nitrogens with one attached hydrogen (secondary N) is 1. The Morgan fingerprint density at radius 2 is 1.71 bits per heavy atom. The summed E-state index contributed by atoms with van der Waals surface area (Å²) in [6.07, 6.45) is -0.151. The second-order valence-electron chi connectivity index (χ2n) is 11.6. The molecule has 45 heavy (non-hydrogen) atoms. The zero-order valence-electron chi connectivity index (χ0n) is 25.3. The fourth-order valence-electron chi connectivity index (χ4n) is 5.36. The first kappa shape index (κ1) is 31.3. The molecule has 0 saturated carbocycles. The zero-order valence-corrected chi connectivity index (χ0v) is 26.1. The molecule has 2 heterocycles. The number of nitriles is 1. The van der Waals surface area contributed by atoms with Gasteiger partial charge in [0.1, 0.15) is 17.4 Å². The van der Waals surface area contributed by atoms with Crippen LogP contribution >= 0.6 is 0 Å². The van der Waals surface area contributed by atoms with Gasteiger partial charge in [0.05, 0.1) is 40.7 Å². The van der Waals surface area contributed by atoms with Crippen LogP contribution in [0.5, 0.6) is 5.75 Å². The van der Waals surface area contributed by atoms with E-state index >= 15 is 0 Å². The topological polar surface area (TPSA) is 153 Å². The van der Waals surface area contributed by atoms with Crippen LogP contribution in [0, 0.1) is 11.3 Å². The summed E-state index contributed by atoms with van der Waals surface area (Å²) in [5.41, 5.74) is -0.940. The molecule has 0 radical (unpaired) electrons. The van der Waals surface area contributed by atoms with E-state index in [1.807, 2.05) is 6.07 Å². The summed E-state index contributed by atoms with van der Waals surface area (Å²) in [7, 11) is -3.01. The lowest BCUT2D eigenvalue weighted by molar-refractivity contribution is -0.132. The molecule has 1 aliphatic rings. The number of carbonyl (C=O) groups is 2. The van der Waals surface area contributed by atoms with Crippen molar-refractivity contribution in [2.75, 3.05) is 20.2 Å². The van der Waals surface area contributed by atoms with E-state index in [2.05, 4.69) is 5.32 Å². The average Bonchev–Trinajstić information content (AvgIpc) is 3.58. The number of methoxy groups -OCH3 is 1. The third kappa shape index (κ3) is 6.28. The predicted octanol–water partition coefficient (Wildman–Crippen LogP) is 3.64. The van der Waals surface area contributed by atoms with Gasteiger partial charge in [0.15, 0.2) is 0 Å². The molecule has 5 rings (SSSR count). The first-order valence-electron chi connectivity index (χ1n) is 14.2. The Morgan fingerprint density at radius 1 is 1.02 bits per heavy atom. The fourth-order valence-corrected chi connectivity index (χ4v) is 6.76. The van der Waals surface area contributed by atoms with Crippen molar-refractivity contribution in [1.82, 2.24) is 18.8 Å². The maximum atomic E-state index is 14.3. The molecule has 1 N–H and O–H groups in total. The highest BCUT2D eigenvalue weighted by Crippen LogP contribution is 2.29. The summed E-state index contributed by atoms with van der Waals surface area (Å²) in [6, 6.07) is 18.7. The van der Waals surface area contributed by atoms with Crippen molar-refractivity contribution >= 4 is 33.1 Å². The SMILES string of the molecule is COc1ccc(S(=O)(=O)n2c(=O)n([C@H](C(=O)N3CCC(NC(=O)OC(C)(C)C)C3)c3ccccc3)c3cc(C#N)ccc32)cc1. The normalized spacial score (nSPS) is 15.8. The molecule has 2 atom stereocenters. The summed E-state index contributed by atoms with van der Waals surface area (Å²) in [5, 5.41) is 12.5. The number of ether oxygens (including phenoxy) is 2. The van der Waals surface area contributed by atoms with Crippen LogP contribution in [0.4, 0.5) is 4.79 Å². The number of alkyl carbamates (subject to hydrolysis) is 1. The molecular weight excluding hydrogens is 598 g/mol. The molecular formula is C32H33N5O7S. The number of likely N-dealkylation sites (tertiary alicyclic amines) is 1. The maximum Gasteiger partial charge on any atom is 0.407 e. The molecule has 1 aromatic heterocycles. The number of imidazole rings is 1. The molecule has 1 saturated heterocycles. The molecule has 0 bridgehead atoms. The summed E-state index contributed by atoms with van der Waals surface area (Å²) in [4.78, 5) is 42.4. The van der Waals surface area contributed by atoms with Crippen molar-refractivity contribution in [1.29, 1.82) is 5.26 Å². The van der Waals surface area contributed by atoms with Crippen LogP contribution < -0.4 is 15.7 Å². The average molecular weight is 632 g/mol. The Hall–Kier alpha value is -5.09. The van der Waals surface area contributed by atoms with Gasteiger partial charge >= 0.3 is 11.8 Å². The minimum absolute atomic E-state index is 0.00874. The van der Waals surface area contributed by atoms with Gasteiger partial charge in [-0.3, -0.25) is 9.36 Å². The van der Waals surface area contributed by atoms with Crippen molar-refractivity contribution in [2.45, 2.75) is 49.8 Å². The summed E-state index contributed by atoms with van der Waals surface area (Å²) >= 11 is 0. The minimum Gasteiger partial charge on any atom is -0.497 e. The van der Waals surface area contributed by atoms with Crippen LogP contribution in [-0.2, 0) is 19.6 Å². The molecule has 4 aromatic rings. The lowest BCUT2D eigenvalue weighted by Gasteiger charge is -2.25. The number of carbonyl (C=O) groups excluding carboxylic acids is 2. The second kappa shape index (κ2) is 12.1. The number of aromatic nitrogens is 2. The number of benzene rings is 3. The predicted molar refractivity (Wildman–Crippen MR) is 165 cm³/mol. The van der Waals surface area contributed by atoms with Gasteiger partial charge in [-0.25, -0.2) is 18.0 Å². The maximum absolute atomic E-state index is 14.3. The molecule has 1 aliphatic heterocycles. The van der Waals surface area contributed by atoms with Crippen molar-refractivity contribution in [2.24, 2.45) is 0 Å².